The molecule has 4 heteroatoms. The van der Waals surface area contributed by atoms with Gasteiger partial charge >= 0.3 is 0 Å². The summed E-state index contributed by atoms with van der Waals surface area (Å²) in [5.41, 5.74) is 8.19. The van der Waals surface area contributed by atoms with Gasteiger partial charge in [-0.25, -0.2) is 0 Å². The summed E-state index contributed by atoms with van der Waals surface area (Å²) in [5.74, 6) is 0.667. The van der Waals surface area contributed by atoms with Gasteiger partial charge < -0.3 is 5.73 Å². The van der Waals surface area contributed by atoms with Crippen molar-refractivity contribution in [3.63, 3.8) is 0 Å². The minimum atomic E-state index is 0.660. The minimum Gasteiger partial charge on any atom is -0.330 e. The molecule has 1 saturated heterocycles. The Morgan fingerprint density at radius 2 is 2.24 bits per heavy atom. The molecule has 0 aliphatic carbocycles. The highest BCUT2D eigenvalue weighted by atomic mass is 15.3. The van der Waals surface area contributed by atoms with Crippen LogP contribution in [0.5, 0.6) is 0 Å². The highest BCUT2D eigenvalue weighted by Gasteiger charge is 2.25. The number of nitrogens with zero attached hydrogens (tertiary/aromatic N) is 3. The van der Waals surface area contributed by atoms with E-state index in [0.717, 1.165) is 25.3 Å². The van der Waals surface area contributed by atoms with Crippen LogP contribution in [-0.4, -0.2) is 33.8 Å². The Labute approximate surface area is 104 Å². The number of likely N-dealkylation sites (tertiary alicyclic amines) is 1. The molecule has 17 heavy (non-hydrogen) atoms. The second-order valence-electron chi connectivity index (χ2n) is 5.36. The van der Waals surface area contributed by atoms with Crippen molar-refractivity contribution in [2.75, 3.05) is 13.1 Å². The molecule has 0 amide bonds. The lowest BCUT2D eigenvalue weighted by molar-refractivity contribution is 0.110. The molecular weight excluding hydrogens is 212 g/mol. The number of aromatic nitrogens is 2. The summed E-state index contributed by atoms with van der Waals surface area (Å²) < 4.78 is 1.99. The number of rotatable bonds is 3. The van der Waals surface area contributed by atoms with Crippen molar-refractivity contribution in [3.8, 4) is 0 Å². The first-order valence-corrected chi connectivity index (χ1v) is 6.53. The summed E-state index contributed by atoms with van der Waals surface area (Å²) in [6, 6.07) is 2.84. The van der Waals surface area contributed by atoms with Gasteiger partial charge in [-0.05, 0) is 45.2 Å². The van der Waals surface area contributed by atoms with E-state index in [1.165, 1.54) is 18.5 Å². The second kappa shape index (κ2) is 5.19. The molecule has 2 rings (SSSR count). The zero-order chi connectivity index (χ0) is 12.4. The minimum absolute atomic E-state index is 0.660. The average Bonchev–Trinajstić information content (AvgIpc) is 2.60. The van der Waals surface area contributed by atoms with E-state index in [2.05, 4.69) is 23.0 Å². The SMILES string of the molecule is Cc1cc(CN2CC(CN)CCC2C)n(C)n1. The molecule has 0 radical (unpaired) electrons. The van der Waals surface area contributed by atoms with Gasteiger partial charge in [0.1, 0.15) is 0 Å². The van der Waals surface area contributed by atoms with E-state index in [4.69, 9.17) is 5.73 Å². The summed E-state index contributed by atoms with van der Waals surface area (Å²) in [7, 11) is 2.03. The summed E-state index contributed by atoms with van der Waals surface area (Å²) in [5, 5.41) is 4.41. The van der Waals surface area contributed by atoms with Crippen LogP contribution < -0.4 is 5.73 Å². The lowest BCUT2D eigenvalue weighted by atomic mass is 9.93. The maximum Gasteiger partial charge on any atom is 0.0597 e. The lowest BCUT2D eigenvalue weighted by Gasteiger charge is -2.37. The quantitative estimate of drug-likeness (QED) is 0.860. The van der Waals surface area contributed by atoms with Crippen molar-refractivity contribution in [2.45, 2.75) is 39.3 Å². The Kier molecular flexibility index (Phi) is 3.84. The number of aryl methyl sites for hydroxylation is 2. The maximum absolute atomic E-state index is 5.79. The average molecular weight is 236 g/mol. The van der Waals surface area contributed by atoms with Crippen molar-refractivity contribution >= 4 is 0 Å². The number of hydrogen-bond acceptors (Lipinski definition) is 3. The van der Waals surface area contributed by atoms with E-state index in [1.54, 1.807) is 0 Å². The lowest BCUT2D eigenvalue weighted by Crippen LogP contribution is -2.43. The molecule has 1 aliphatic heterocycles. The molecule has 1 aromatic heterocycles. The molecule has 0 saturated carbocycles. The highest BCUT2D eigenvalue weighted by Crippen LogP contribution is 2.23. The predicted molar refractivity (Wildman–Crippen MR) is 69.6 cm³/mol. The van der Waals surface area contributed by atoms with E-state index in [-0.39, 0.29) is 0 Å². The van der Waals surface area contributed by atoms with Gasteiger partial charge in [-0.1, -0.05) is 0 Å². The summed E-state index contributed by atoms with van der Waals surface area (Å²) in [6.45, 7) is 7.30. The van der Waals surface area contributed by atoms with Crippen LogP contribution in [0.4, 0.5) is 0 Å². The zero-order valence-corrected chi connectivity index (χ0v) is 11.2. The van der Waals surface area contributed by atoms with Crippen molar-refractivity contribution < 1.29 is 0 Å². The van der Waals surface area contributed by atoms with Crippen LogP contribution in [0, 0.1) is 12.8 Å². The predicted octanol–water partition coefficient (Wildman–Crippen LogP) is 1.29. The second-order valence-corrected chi connectivity index (χ2v) is 5.36. The first kappa shape index (κ1) is 12.6. The molecule has 1 aliphatic rings. The van der Waals surface area contributed by atoms with Crippen molar-refractivity contribution in [2.24, 2.45) is 18.7 Å². The Balaban J connectivity index is 2.03. The van der Waals surface area contributed by atoms with Gasteiger partial charge in [0, 0.05) is 26.2 Å². The van der Waals surface area contributed by atoms with E-state index < -0.39 is 0 Å². The Bertz CT molecular complexity index is 371. The standard InChI is InChI=1S/C13H24N4/c1-10-6-13(16(3)15-10)9-17-8-12(7-14)5-4-11(17)2/h6,11-12H,4-5,7-9,14H2,1-3H3. The fraction of sp³-hybridized carbons (Fsp3) is 0.769. The molecule has 0 spiro atoms. The van der Waals surface area contributed by atoms with Crippen LogP contribution in [0.15, 0.2) is 6.07 Å². The van der Waals surface area contributed by atoms with Crippen molar-refractivity contribution in [1.82, 2.24) is 14.7 Å². The molecule has 2 N–H and O–H groups in total. The molecular formula is C13H24N4. The Hall–Kier alpha value is -0.870. The van der Waals surface area contributed by atoms with Gasteiger partial charge in [0.05, 0.1) is 11.4 Å². The number of hydrogen-bond donors (Lipinski definition) is 1. The molecule has 0 bridgehead atoms. The molecule has 1 fully saturated rings. The molecule has 96 valence electrons. The Morgan fingerprint density at radius 1 is 1.47 bits per heavy atom. The Morgan fingerprint density at radius 3 is 2.82 bits per heavy atom. The normalized spacial score (nSPS) is 26.4. The van der Waals surface area contributed by atoms with Crippen LogP contribution in [0.1, 0.15) is 31.2 Å². The van der Waals surface area contributed by atoms with Gasteiger partial charge in [0.2, 0.25) is 0 Å². The van der Waals surface area contributed by atoms with E-state index in [0.29, 0.717) is 12.0 Å². The van der Waals surface area contributed by atoms with Gasteiger partial charge in [-0.2, -0.15) is 5.10 Å². The van der Waals surface area contributed by atoms with Gasteiger partial charge in [-0.3, -0.25) is 9.58 Å². The molecule has 2 atom stereocenters. The van der Waals surface area contributed by atoms with E-state index in [1.807, 2.05) is 18.7 Å². The third kappa shape index (κ3) is 2.87. The van der Waals surface area contributed by atoms with Crippen LogP contribution in [0.3, 0.4) is 0 Å². The van der Waals surface area contributed by atoms with Gasteiger partial charge in [0.25, 0.3) is 0 Å². The molecule has 2 unspecified atom stereocenters. The van der Waals surface area contributed by atoms with Crippen LogP contribution in [-0.2, 0) is 13.6 Å². The summed E-state index contributed by atoms with van der Waals surface area (Å²) in [6.07, 6.45) is 2.54. The first-order valence-electron chi connectivity index (χ1n) is 6.53. The monoisotopic (exact) mass is 236 g/mol. The summed E-state index contributed by atoms with van der Waals surface area (Å²) in [4.78, 5) is 2.54. The number of nitrogens with two attached hydrogens (primary N) is 1. The van der Waals surface area contributed by atoms with Gasteiger partial charge in [-0.15, -0.1) is 0 Å². The van der Waals surface area contributed by atoms with Crippen LogP contribution >= 0.6 is 0 Å². The summed E-state index contributed by atoms with van der Waals surface area (Å²) >= 11 is 0. The fourth-order valence-corrected chi connectivity index (χ4v) is 2.70. The molecule has 1 aromatic rings. The van der Waals surface area contributed by atoms with Crippen LogP contribution in [0.25, 0.3) is 0 Å². The van der Waals surface area contributed by atoms with E-state index in [9.17, 15) is 0 Å². The third-order valence-electron chi connectivity index (χ3n) is 3.91. The van der Waals surface area contributed by atoms with Crippen LogP contribution in [0.2, 0.25) is 0 Å². The number of piperidine rings is 1. The third-order valence-corrected chi connectivity index (χ3v) is 3.91. The highest BCUT2D eigenvalue weighted by molar-refractivity contribution is 5.08. The molecule has 4 nitrogen and oxygen atoms in total. The fourth-order valence-electron chi connectivity index (χ4n) is 2.70. The zero-order valence-electron chi connectivity index (χ0n) is 11.2. The van der Waals surface area contributed by atoms with Crippen molar-refractivity contribution in [1.29, 1.82) is 0 Å². The molecule has 0 aromatic carbocycles. The molecule has 2 heterocycles. The topological polar surface area (TPSA) is 47.1 Å². The smallest absolute Gasteiger partial charge is 0.0597 e. The maximum atomic E-state index is 5.79. The van der Waals surface area contributed by atoms with E-state index >= 15 is 0 Å². The largest absolute Gasteiger partial charge is 0.330 e. The first-order chi connectivity index (χ1) is 8.10. The van der Waals surface area contributed by atoms with Crippen molar-refractivity contribution in [3.05, 3.63) is 17.5 Å². The van der Waals surface area contributed by atoms with Gasteiger partial charge in [0.15, 0.2) is 0 Å².